The van der Waals surface area contributed by atoms with E-state index in [-0.39, 0.29) is 11.8 Å². The van der Waals surface area contributed by atoms with Gasteiger partial charge >= 0.3 is 0 Å². The van der Waals surface area contributed by atoms with Crippen LogP contribution in [0.25, 0.3) is 0 Å². The summed E-state index contributed by atoms with van der Waals surface area (Å²) in [6.45, 7) is 1.77. The predicted octanol–water partition coefficient (Wildman–Crippen LogP) is -0.0502. The second-order valence-electron chi connectivity index (χ2n) is 2.39. The van der Waals surface area contributed by atoms with Crippen molar-refractivity contribution >= 4 is 25.9 Å². The maximum atomic E-state index is 11.0. The molecule has 1 amide bonds. The zero-order valence-corrected chi connectivity index (χ0v) is 8.76. The van der Waals surface area contributed by atoms with Crippen molar-refractivity contribution < 1.29 is 9.00 Å². The van der Waals surface area contributed by atoms with Crippen LogP contribution in [0.4, 0.5) is 0 Å². The van der Waals surface area contributed by atoms with E-state index in [1.54, 1.807) is 13.2 Å². The third-order valence-corrected chi connectivity index (χ3v) is 2.38. The summed E-state index contributed by atoms with van der Waals surface area (Å²) >= 11 is 0. The first kappa shape index (κ1) is 11.1. The van der Waals surface area contributed by atoms with Crippen molar-refractivity contribution in [3.05, 3.63) is 0 Å². The van der Waals surface area contributed by atoms with Crippen molar-refractivity contribution in [3.8, 4) is 0 Å². The van der Waals surface area contributed by atoms with Crippen LogP contribution in [0.5, 0.6) is 0 Å². The minimum atomic E-state index is -0.887. The molecule has 0 aromatic heterocycles. The summed E-state index contributed by atoms with van der Waals surface area (Å²) in [6, 6.07) is 0. The van der Waals surface area contributed by atoms with E-state index in [2.05, 4.69) is 14.6 Å². The highest BCUT2D eigenvalue weighted by Crippen LogP contribution is 1.96. The third-order valence-electron chi connectivity index (χ3n) is 1.21. The van der Waals surface area contributed by atoms with Crippen LogP contribution in [0.2, 0.25) is 0 Å². The smallest absolute Gasteiger partial charge is 0.224 e. The lowest BCUT2D eigenvalue weighted by atomic mass is 10.2. The zero-order valence-electron chi connectivity index (χ0n) is 6.79. The maximum absolute atomic E-state index is 11.0. The van der Waals surface area contributed by atoms with E-state index in [0.717, 1.165) is 0 Å². The molecule has 0 aliphatic carbocycles. The molecule has 0 heterocycles. The Hall–Kier alpha value is 0.0500. The number of carbonyl (C=O) groups is 1. The van der Waals surface area contributed by atoms with Crippen LogP contribution in [0.15, 0.2) is 0 Å². The third kappa shape index (κ3) is 5.33. The number of hydrogen-bond donors (Lipinski definition) is 1. The molecule has 5 heteroatoms. The van der Waals surface area contributed by atoms with E-state index in [0.29, 0.717) is 12.0 Å². The molecule has 0 aliphatic heterocycles. The summed E-state index contributed by atoms with van der Waals surface area (Å²) in [5, 5.41) is 2.64. The van der Waals surface area contributed by atoms with Gasteiger partial charge in [-0.2, -0.15) is 0 Å². The molecule has 0 aromatic rings. The summed E-state index contributed by atoms with van der Waals surface area (Å²) in [7, 11) is 1.52. The topological polar surface area (TPSA) is 46.2 Å². The molecule has 0 aliphatic rings. The molecule has 0 fully saturated rings. The van der Waals surface area contributed by atoms with E-state index in [4.69, 9.17) is 0 Å². The van der Waals surface area contributed by atoms with Crippen molar-refractivity contribution in [1.82, 2.24) is 5.32 Å². The number of amides is 1. The van der Waals surface area contributed by atoms with Gasteiger partial charge in [0.25, 0.3) is 0 Å². The fourth-order valence-electron chi connectivity index (χ4n) is 0.703. The lowest BCUT2D eigenvalue weighted by Gasteiger charge is -2.08. The summed E-state index contributed by atoms with van der Waals surface area (Å²) in [5.74, 6) is 0.257. The first-order chi connectivity index (χ1) is 5.07. The van der Waals surface area contributed by atoms with Gasteiger partial charge in [0.1, 0.15) is 0 Å². The molecule has 0 saturated carbocycles. The first-order valence-electron chi connectivity index (χ1n) is 3.35. The van der Waals surface area contributed by atoms with Gasteiger partial charge in [-0.3, -0.25) is 9.00 Å². The largest absolute Gasteiger partial charge is 0.353 e. The Labute approximate surface area is 72.0 Å². The van der Waals surface area contributed by atoms with Gasteiger partial charge < -0.3 is 5.32 Å². The monoisotopic (exact) mass is 195 g/mol. The molecule has 3 nitrogen and oxygen atoms in total. The Morgan fingerprint density at radius 1 is 1.73 bits per heavy atom. The molecular weight excluding hydrogens is 181 g/mol. The zero-order chi connectivity index (χ0) is 8.85. The van der Waals surface area contributed by atoms with Gasteiger partial charge in [-0.15, -0.1) is 9.24 Å². The van der Waals surface area contributed by atoms with Gasteiger partial charge in [-0.05, 0) is 0 Å². The molecule has 11 heavy (non-hydrogen) atoms. The molecular formula is C6H14NO2PS. The van der Waals surface area contributed by atoms with Crippen molar-refractivity contribution in [1.29, 1.82) is 0 Å². The Bertz CT molecular complexity index is 163. The molecule has 66 valence electrons. The lowest BCUT2D eigenvalue weighted by Crippen LogP contribution is -2.30. The average Bonchev–Trinajstić information content (AvgIpc) is 1.86. The SMILES string of the molecule is CC(CS(C)=O)C(=O)NCP. The van der Waals surface area contributed by atoms with Crippen LogP contribution in [0.1, 0.15) is 6.92 Å². The van der Waals surface area contributed by atoms with Crippen LogP contribution in [0.3, 0.4) is 0 Å². The average molecular weight is 195 g/mol. The number of carbonyl (C=O) groups excluding carboxylic acids is 1. The Balaban J connectivity index is 3.73. The summed E-state index contributed by atoms with van der Waals surface area (Å²) in [5.41, 5.74) is 0. The van der Waals surface area contributed by atoms with Crippen LogP contribution in [-0.4, -0.2) is 28.4 Å². The van der Waals surface area contributed by atoms with Gasteiger partial charge in [0.05, 0.1) is 0 Å². The molecule has 0 bridgehead atoms. The summed E-state index contributed by atoms with van der Waals surface area (Å²) in [6.07, 6.45) is 2.16. The summed E-state index contributed by atoms with van der Waals surface area (Å²) < 4.78 is 10.7. The van der Waals surface area contributed by atoms with Crippen LogP contribution in [0, 0.1) is 5.92 Å². The van der Waals surface area contributed by atoms with Crippen molar-refractivity contribution in [2.45, 2.75) is 6.92 Å². The standard InChI is InChI=1S/C6H14NO2PS/c1-5(3-11(2)9)6(8)7-4-10/h5H,3-4,10H2,1-2H3,(H,7,8). The lowest BCUT2D eigenvalue weighted by molar-refractivity contribution is -0.123. The predicted molar refractivity (Wildman–Crippen MR) is 50.8 cm³/mol. The van der Waals surface area contributed by atoms with Crippen LogP contribution in [-0.2, 0) is 15.6 Å². The molecule has 0 radical (unpaired) electrons. The van der Waals surface area contributed by atoms with Gasteiger partial charge in [0.15, 0.2) is 0 Å². The van der Waals surface area contributed by atoms with Crippen molar-refractivity contribution in [2.75, 3.05) is 18.3 Å². The molecule has 0 aromatic carbocycles. The first-order valence-corrected chi connectivity index (χ1v) is 5.90. The minimum Gasteiger partial charge on any atom is -0.353 e. The highest BCUT2D eigenvalue weighted by Gasteiger charge is 2.12. The highest BCUT2D eigenvalue weighted by atomic mass is 32.2. The Morgan fingerprint density at radius 3 is 2.64 bits per heavy atom. The molecule has 0 rings (SSSR count). The fraction of sp³-hybridized carbons (Fsp3) is 0.833. The van der Waals surface area contributed by atoms with Crippen molar-refractivity contribution in [2.24, 2.45) is 5.92 Å². The van der Waals surface area contributed by atoms with Gasteiger partial charge in [0, 0.05) is 35.0 Å². The number of nitrogens with one attached hydrogen (secondary N) is 1. The van der Waals surface area contributed by atoms with Crippen LogP contribution < -0.4 is 5.32 Å². The molecule has 1 N–H and O–H groups in total. The maximum Gasteiger partial charge on any atom is 0.224 e. The number of rotatable bonds is 4. The van der Waals surface area contributed by atoms with E-state index >= 15 is 0 Å². The normalized spacial score (nSPS) is 15.5. The quantitative estimate of drug-likeness (QED) is 0.639. The van der Waals surface area contributed by atoms with Crippen LogP contribution >= 0.6 is 9.24 Å². The van der Waals surface area contributed by atoms with E-state index < -0.39 is 10.8 Å². The molecule has 3 atom stereocenters. The highest BCUT2D eigenvalue weighted by molar-refractivity contribution is 7.84. The Morgan fingerprint density at radius 2 is 2.27 bits per heavy atom. The van der Waals surface area contributed by atoms with E-state index in [1.807, 2.05) is 0 Å². The van der Waals surface area contributed by atoms with Gasteiger partial charge in [-0.1, -0.05) is 6.92 Å². The molecule has 3 unspecified atom stereocenters. The van der Waals surface area contributed by atoms with Crippen molar-refractivity contribution in [3.63, 3.8) is 0 Å². The Kier molecular flexibility index (Phi) is 5.69. The number of hydrogen-bond acceptors (Lipinski definition) is 2. The van der Waals surface area contributed by atoms with Gasteiger partial charge in [0.2, 0.25) is 5.91 Å². The fourth-order valence-corrected chi connectivity index (χ4v) is 1.76. The second kappa shape index (κ2) is 5.67. The van der Waals surface area contributed by atoms with Gasteiger partial charge in [-0.25, -0.2) is 0 Å². The second-order valence-corrected chi connectivity index (χ2v) is 4.27. The van der Waals surface area contributed by atoms with E-state index in [9.17, 15) is 9.00 Å². The summed E-state index contributed by atoms with van der Waals surface area (Å²) in [4.78, 5) is 11.0. The molecule has 0 saturated heterocycles. The molecule has 0 spiro atoms. The minimum absolute atomic E-state index is 0.0322. The van der Waals surface area contributed by atoms with E-state index in [1.165, 1.54) is 0 Å².